The largest absolute Gasteiger partial charge is 0.368 e. The lowest BCUT2D eigenvalue weighted by atomic mass is 9.88. The van der Waals surface area contributed by atoms with E-state index in [1.165, 1.54) is 0 Å². The van der Waals surface area contributed by atoms with E-state index in [1.807, 2.05) is 20.8 Å². The SMILES string of the molecule is CCOC(CC)(CC)C(=O)CCCC(C)C. The second-order valence-electron chi connectivity index (χ2n) is 4.84. The van der Waals surface area contributed by atoms with Gasteiger partial charge >= 0.3 is 0 Å². The molecule has 0 rings (SSSR count). The molecule has 0 aromatic heterocycles. The van der Waals surface area contributed by atoms with Gasteiger partial charge in [-0.2, -0.15) is 0 Å². The lowest BCUT2D eigenvalue weighted by Crippen LogP contribution is -2.40. The van der Waals surface area contributed by atoms with Crippen molar-refractivity contribution in [1.29, 1.82) is 0 Å². The van der Waals surface area contributed by atoms with Crippen LogP contribution in [0.25, 0.3) is 0 Å². The number of Topliss-reactive ketones (excluding diaryl/α,β-unsaturated/α-hetero) is 1. The zero-order valence-corrected chi connectivity index (χ0v) is 11.6. The van der Waals surface area contributed by atoms with Gasteiger partial charge in [0.1, 0.15) is 5.60 Å². The van der Waals surface area contributed by atoms with Gasteiger partial charge in [0.15, 0.2) is 5.78 Å². The van der Waals surface area contributed by atoms with Gasteiger partial charge in [0.05, 0.1) is 0 Å². The van der Waals surface area contributed by atoms with Crippen molar-refractivity contribution >= 4 is 5.78 Å². The summed E-state index contributed by atoms with van der Waals surface area (Å²) in [4.78, 5) is 12.2. The molecule has 0 heterocycles. The van der Waals surface area contributed by atoms with Crippen molar-refractivity contribution in [1.82, 2.24) is 0 Å². The standard InChI is InChI=1S/C14H28O2/c1-6-14(7-2,16-8-3)13(15)11-9-10-12(4)5/h12H,6-11H2,1-5H3. The van der Waals surface area contributed by atoms with Crippen molar-refractivity contribution in [3.63, 3.8) is 0 Å². The fourth-order valence-electron chi connectivity index (χ4n) is 2.10. The monoisotopic (exact) mass is 228 g/mol. The number of ketones is 1. The number of hydrogen-bond acceptors (Lipinski definition) is 2. The highest BCUT2D eigenvalue weighted by Crippen LogP contribution is 2.24. The van der Waals surface area contributed by atoms with Crippen molar-refractivity contribution < 1.29 is 9.53 Å². The zero-order chi connectivity index (χ0) is 12.6. The van der Waals surface area contributed by atoms with Crippen LogP contribution in [0.4, 0.5) is 0 Å². The number of rotatable bonds is 9. The van der Waals surface area contributed by atoms with E-state index in [1.54, 1.807) is 0 Å². The first-order valence-corrected chi connectivity index (χ1v) is 6.69. The number of carbonyl (C=O) groups excluding carboxylic acids is 1. The average Bonchev–Trinajstić information content (AvgIpc) is 2.25. The topological polar surface area (TPSA) is 26.3 Å². The minimum Gasteiger partial charge on any atom is -0.368 e. The summed E-state index contributed by atoms with van der Waals surface area (Å²) >= 11 is 0. The van der Waals surface area contributed by atoms with Crippen LogP contribution in [-0.2, 0) is 9.53 Å². The van der Waals surface area contributed by atoms with Crippen LogP contribution in [0.1, 0.15) is 66.7 Å². The van der Waals surface area contributed by atoms with Gasteiger partial charge in [0.25, 0.3) is 0 Å². The maximum Gasteiger partial charge on any atom is 0.164 e. The highest BCUT2D eigenvalue weighted by molar-refractivity contribution is 5.87. The van der Waals surface area contributed by atoms with E-state index in [2.05, 4.69) is 13.8 Å². The second-order valence-corrected chi connectivity index (χ2v) is 4.84. The molecular formula is C14H28O2. The van der Waals surface area contributed by atoms with E-state index in [0.29, 0.717) is 24.7 Å². The maximum atomic E-state index is 12.2. The molecule has 0 saturated carbocycles. The van der Waals surface area contributed by atoms with Crippen molar-refractivity contribution in [3.05, 3.63) is 0 Å². The van der Waals surface area contributed by atoms with Crippen LogP contribution in [0, 0.1) is 5.92 Å². The Labute approximate surface area is 101 Å². The molecule has 0 aliphatic rings. The summed E-state index contributed by atoms with van der Waals surface area (Å²) in [5.74, 6) is 0.970. The summed E-state index contributed by atoms with van der Waals surface area (Å²) in [6.45, 7) is 11.1. The van der Waals surface area contributed by atoms with E-state index in [9.17, 15) is 4.79 Å². The van der Waals surface area contributed by atoms with Crippen LogP contribution in [0.3, 0.4) is 0 Å². The third-order valence-corrected chi connectivity index (χ3v) is 3.26. The molecule has 0 fully saturated rings. The first-order valence-electron chi connectivity index (χ1n) is 6.69. The summed E-state index contributed by atoms with van der Waals surface area (Å²) in [5.41, 5.74) is -0.508. The van der Waals surface area contributed by atoms with E-state index in [0.717, 1.165) is 25.7 Å². The van der Waals surface area contributed by atoms with Crippen LogP contribution in [0.15, 0.2) is 0 Å². The van der Waals surface area contributed by atoms with E-state index in [4.69, 9.17) is 4.74 Å². The predicted molar refractivity (Wildman–Crippen MR) is 68.6 cm³/mol. The number of ether oxygens (including phenoxy) is 1. The van der Waals surface area contributed by atoms with Gasteiger partial charge in [-0.1, -0.05) is 34.1 Å². The van der Waals surface area contributed by atoms with Crippen molar-refractivity contribution in [2.45, 2.75) is 72.3 Å². The highest BCUT2D eigenvalue weighted by Gasteiger charge is 2.34. The van der Waals surface area contributed by atoms with Gasteiger partial charge in [-0.05, 0) is 32.1 Å². The van der Waals surface area contributed by atoms with Crippen LogP contribution >= 0.6 is 0 Å². The average molecular weight is 228 g/mol. The third kappa shape index (κ3) is 4.65. The number of carbonyl (C=O) groups is 1. The highest BCUT2D eigenvalue weighted by atomic mass is 16.5. The van der Waals surface area contributed by atoms with Gasteiger partial charge in [-0.3, -0.25) is 4.79 Å². The lowest BCUT2D eigenvalue weighted by molar-refractivity contribution is -0.145. The molecule has 0 amide bonds. The summed E-state index contributed by atoms with van der Waals surface area (Å²) in [5, 5.41) is 0. The van der Waals surface area contributed by atoms with Gasteiger partial charge in [0.2, 0.25) is 0 Å². The fourth-order valence-corrected chi connectivity index (χ4v) is 2.10. The third-order valence-electron chi connectivity index (χ3n) is 3.26. The van der Waals surface area contributed by atoms with Crippen LogP contribution in [0.5, 0.6) is 0 Å². The lowest BCUT2D eigenvalue weighted by Gasteiger charge is -2.30. The summed E-state index contributed by atoms with van der Waals surface area (Å²) in [7, 11) is 0. The van der Waals surface area contributed by atoms with Crippen LogP contribution in [0.2, 0.25) is 0 Å². The molecule has 0 saturated heterocycles. The molecular weight excluding hydrogens is 200 g/mol. The molecule has 0 aliphatic carbocycles. The molecule has 0 aliphatic heterocycles. The zero-order valence-electron chi connectivity index (χ0n) is 11.6. The van der Waals surface area contributed by atoms with Gasteiger partial charge in [-0.25, -0.2) is 0 Å². The van der Waals surface area contributed by atoms with Gasteiger partial charge in [-0.15, -0.1) is 0 Å². The summed E-state index contributed by atoms with van der Waals surface area (Å²) in [6.07, 6.45) is 4.36. The molecule has 0 aromatic rings. The molecule has 96 valence electrons. The predicted octanol–water partition coefficient (Wildman–Crippen LogP) is 3.98. The molecule has 0 unspecified atom stereocenters. The molecule has 16 heavy (non-hydrogen) atoms. The molecule has 0 aromatic carbocycles. The molecule has 0 N–H and O–H groups in total. The molecule has 0 bridgehead atoms. The Balaban J connectivity index is 4.27. The minimum absolute atomic E-state index is 0.292. The Kier molecular flexibility index (Phi) is 7.65. The summed E-state index contributed by atoms with van der Waals surface area (Å²) in [6, 6.07) is 0. The first-order chi connectivity index (χ1) is 7.52. The van der Waals surface area contributed by atoms with E-state index in [-0.39, 0.29) is 0 Å². The van der Waals surface area contributed by atoms with Crippen molar-refractivity contribution in [2.24, 2.45) is 5.92 Å². The Bertz CT molecular complexity index is 193. The van der Waals surface area contributed by atoms with Crippen LogP contribution in [-0.4, -0.2) is 18.0 Å². The Hall–Kier alpha value is -0.370. The first kappa shape index (κ1) is 15.6. The Morgan fingerprint density at radius 1 is 1.19 bits per heavy atom. The molecule has 0 spiro atoms. The molecule has 0 atom stereocenters. The normalized spacial score (nSPS) is 12.1. The van der Waals surface area contributed by atoms with Gasteiger partial charge in [0, 0.05) is 13.0 Å². The number of hydrogen-bond donors (Lipinski definition) is 0. The minimum atomic E-state index is -0.508. The molecule has 2 heteroatoms. The Morgan fingerprint density at radius 3 is 2.12 bits per heavy atom. The quantitative estimate of drug-likeness (QED) is 0.596. The van der Waals surface area contributed by atoms with Crippen LogP contribution < -0.4 is 0 Å². The van der Waals surface area contributed by atoms with E-state index < -0.39 is 5.60 Å². The molecule has 2 nitrogen and oxygen atoms in total. The summed E-state index contributed by atoms with van der Waals surface area (Å²) < 4.78 is 5.70. The van der Waals surface area contributed by atoms with Gasteiger partial charge < -0.3 is 4.74 Å². The smallest absolute Gasteiger partial charge is 0.164 e. The molecule has 0 radical (unpaired) electrons. The maximum absolute atomic E-state index is 12.2. The van der Waals surface area contributed by atoms with E-state index >= 15 is 0 Å². The van der Waals surface area contributed by atoms with Crippen molar-refractivity contribution in [2.75, 3.05) is 6.61 Å². The fraction of sp³-hybridized carbons (Fsp3) is 0.929. The Morgan fingerprint density at radius 2 is 1.75 bits per heavy atom. The second kappa shape index (κ2) is 7.83. The van der Waals surface area contributed by atoms with Crippen molar-refractivity contribution in [3.8, 4) is 0 Å².